The Hall–Kier alpha value is -1.16. The predicted octanol–water partition coefficient (Wildman–Crippen LogP) is 3.69. The third-order valence-electron chi connectivity index (χ3n) is 2.52. The summed E-state index contributed by atoms with van der Waals surface area (Å²) in [4.78, 5) is 4.42. The second-order valence-electron chi connectivity index (χ2n) is 4.57. The minimum atomic E-state index is 0.727. The molecule has 0 fully saturated rings. The number of rotatable bonds is 5. The molecule has 0 aliphatic rings. The summed E-state index contributed by atoms with van der Waals surface area (Å²) in [6.07, 6.45) is 1.23. The van der Waals surface area contributed by atoms with E-state index >= 15 is 0 Å². The van der Waals surface area contributed by atoms with E-state index in [4.69, 9.17) is 10.2 Å². The Bertz CT molecular complexity index is 493. The van der Waals surface area contributed by atoms with Crippen LogP contribution in [0, 0.1) is 5.92 Å². The minimum absolute atomic E-state index is 0.727. The van der Waals surface area contributed by atoms with Crippen molar-refractivity contribution in [3.63, 3.8) is 0 Å². The zero-order chi connectivity index (χ0) is 12.3. The van der Waals surface area contributed by atoms with Crippen LogP contribution in [0.4, 0.5) is 5.69 Å². The van der Waals surface area contributed by atoms with Crippen molar-refractivity contribution < 1.29 is 4.42 Å². The lowest BCUT2D eigenvalue weighted by Crippen LogP contribution is -1.90. The Labute approximate surface area is 106 Å². The van der Waals surface area contributed by atoms with Crippen molar-refractivity contribution >= 4 is 28.5 Å². The van der Waals surface area contributed by atoms with Crippen molar-refractivity contribution in [2.45, 2.75) is 26.0 Å². The first kappa shape index (κ1) is 12.3. The molecular weight excluding hydrogens is 232 g/mol. The highest BCUT2D eigenvalue weighted by atomic mass is 32.2. The summed E-state index contributed by atoms with van der Waals surface area (Å²) in [5.41, 5.74) is 8.10. The molecule has 0 atom stereocenters. The molecule has 1 heterocycles. The van der Waals surface area contributed by atoms with Crippen LogP contribution in [0.3, 0.4) is 0 Å². The maximum Gasteiger partial charge on any atom is 0.205 e. The van der Waals surface area contributed by atoms with Gasteiger partial charge in [-0.05, 0) is 36.3 Å². The van der Waals surface area contributed by atoms with Crippen LogP contribution in [0.25, 0.3) is 11.1 Å². The Kier molecular flexibility index (Phi) is 3.94. The maximum atomic E-state index is 5.70. The average molecular weight is 250 g/mol. The quantitative estimate of drug-likeness (QED) is 0.649. The van der Waals surface area contributed by atoms with Crippen LogP contribution >= 0.6 is 11.8 Å². The van der Waals surface area contributed by atoms with Gasteiger partial charge in [-0.3, -0.25) is 0 Å². The van der Waals surface area contributed by atoms with E-state index in [2.05, 4.69) is 18.8 Å². The zero-order valence-corrected chi connectivity index (χ0v) is 11.1. The largest absolute Gasteiger partial charge is 0.440 e. The van der Waals surface area contributed by atoms with Gasteiger partial charge < -0.3 is 10.2 Å². The lowest BCUT2D eigenvalue weighted by atomic mass is 10.2. The molecule has 17 heavy (non-hydrogen) atoms. The van der Waals surface area contributed by atoms with E-state index < -0.39 is 0 Å². The Balaban J connectivity index is 1.95. The van der Waals surface area contributed by atoms with Crippen molar-refractivity contribution in [1.82, 2.24) is 4.98 Å². The number of thioether (sulfide) groups is 1. The van der Waals surface area contributed by atoms with Crippen molar-refractivity contribution in [2.24, 2.45) is 5.92 Å². The molecule has 2 aromatic rings. The fraction of sp³-hybridized carbons (Fsp3) is 0.462. The van der Waals surface area contributed by atoms with Gasteiger partial charge in [0.05, 0.1) is 5.75 Å². The number of aromatic nitrogens is 1. The van der Waals surface area contributed by atoms with Gasteiger partial charge in [-0.2, -0.15) is 11.8 Å². The molecule has 1 aromatic heterocycles. The van der Waals surface area contributed by atoms with Gasteiger partial charge >= 0.3 is 0 Å². The van der Waals surface area contributed by atoms with Crippen molar-refractivity contribution in [1.29, 1.82) is 0 Å². The fourth-order valence-corrected chi connectivity index (χ4v) is 2.61. The smallest absolute Gasteiger partial charge is 0.205 e. The van der Waals surface area contributed by atoms with Gasteiger partial charge in [0.15, 0.2) is 5.58 Å². The summed E-state index contributed by atoms with van der Waals surface area (Å²) in [5, 5.41) is 0. The maximum absolute atomic E-state index is 5.70. The zero-order valence-electron chi connectivity index (χ0n) is 10.3. The third kappa shape index (κ3) is 3.40. The van der Waals surface area contributed by atoms with Gasteiger partial charge in [-0.25, -0.2) is 4.98 Å². The molecule has 0 radical (unpaired) electrons. The van der Waals surface area contributed by atoms with Crippen LogP contribution in [-0.2, 0) is 5.75 Å². The molecule has 92 valence electrons. The van der Waals surface area contributed by atoms with Gasteiger partial charge in [0.25, 0.3) is 0 Å². The van der Waals surface area contributed by atoms with Crippen LogP contribution in [0.15, 0.2) is 22.6 Å². The molecule has 0 aliphatic carbocycles. The van der Waals surface area contributed by atoms with Crippen LogP contribution in [0.2, 0.25) is 0 Å². The topological polar surface area (TPSA) is 52.0 Å². The lowest BCUT2D eigenvalue weighted by Gasteiger charge is -2.01. The van der Waals surface area contributed by atoms with Crippen LogP contribution in [0.1, 0.15) is 26.2 Å². The molecule has 0 spiro atoms. The third-order valence-corrected chi connectivity index (χ3v) is 3.50. The number of nitrogens with zero attached hydrogens (tertiary/aromatic N) is 1. The first-order valence-corrected chi connectivity index (χ1v) is 7.03. The fourth-order valence-electron chi connectivity index (χ4n) is 1.53. The van der Waals surface area contributed by atoms with Crippen molar-refractivity contribution in [3.05, 3.63) is 24.1 Å². The predicted molar refractivity (Wildman–Crippen MR) is 74.0 cm³/mol. The number of nitrogens with two attached hydrogens (primary N) is 1. The van der Waals surface area contributed by atoms with Crippen LogP contribution in [-0.4, -0.2) is 10.7 Å². The first-order valence-electron chi connectivity index (χ1n) is 5.88. The van der Waals surface area contributed by atoms with E-state index in [1.807, 2.05) is 30.0 Å². The van der Waals surface area contributed by atoms with Gasteiger partial charge in [0.2, 0.25) is 5.89 Å². The number of nitrogen functional groups attached to an aromatic ring is 1. The van der Waals surface area contributed by atoms with Crippen LogP contribution < -0.4 is 5.73 Å². The summed E-state index contributed by atoms with van der Waals surface area (Å²) in [6.45, 7) is 4.48. The SMILES string of the molecule is CC(C)CCSCc1nc2cc(N)ccc2o1. The summed E-state index contributed by atoms with van der Waals surface area (Å²) in [5.74, 6) is 3.53. The normalized spacial score (nSPS) is 11.5. The van der Waals surface area contributed by atoms with E-state index in [0.717, 1.165) is 40.1 Å². The molecule has 0 saturated carbocycles. The number of benzene rings is 1. The number of fused-ring (bicyclic) bond motifs is 1. The molecule has 4 heteroatoms. The second-order valence-corrected chi connectivity index (χ2v) is 5.68. The monoisotopic (exact) mass is 250 g/mol. The minimum Gasteiger partial charge on any atom is -0.440 e. The van der Waals surface area contributed by atoms with E-state index in [1.54, 1.807) is 0 Å². The number of anilines is 1. The Morgan fingerprint density at radius 3 is 3.00 bits per heavy atom. The molecular formula is C13H18N2OS. The lowest BCUT2D eigenvalue weighted by molar-refractivity contribution is 0.555. The van der Waals surface area contributed by atoms with Gasteiger partial charge in [-0.1, -0.05) is 13.8 Å². The molecule has 3 nitrogen and oxygen atoms in total. The Morgan fingerprint density at radius 2 is 2.24 bits per heavy atom. The highest BCUT2D eigenvalue weighted by Crippen LogP contribution is 2.21. The molecule has 2 N–H and O–H groups in total. The number of hydrogen-bond acceptors (Lipinski definition) is 4. The number of hydrogen-bond donors (Lipinski definition) is 1. The van der Waals surface area contributed by atoms with Gasteiger partial charge in [0.1, 0.15) is 5.52 Å². The van der Waals surface area contributed by atoms with E-state index in [1.165, 1.54) is 6.42 Å². The van der Waals surface area contributed by atoms with E-state index in [9.17, 15) is 0 Å². The summed E-state index contributed by atoms with van der Waals surface area (Å²) in [6, 6.07) is 5.56. The average Bonchev–Trinajstić information content (AvgIpc) is 2.66. The van der Waals surface area contributed by atoms with E-state index in [-0.39, 0.29) is 0 Å². The van der Waals surface area contributed by atoms with Crippen LogP contribution in [0.5, 0.6) is 0 Å². The first-order chi connectivity index (χ1) is 8.15. The summed E-state index contributed by atoms with van der Waals surface area (Å²) >= 11 is 1.87. The number of oxazole rings is 1. The molecule has 0 amide bonds. The standard InChI is InChI=1S/C13H18N2OS/c1-9(2)5-6-17-8-13-15-11-7-10(14)3-4-12(11)16-13/h3-4,7,9H,5-6,8,14H2,1-2H3. The molecule has 2 rings (SSSR count). The van der Waals surface area contributed by atoms with E-state index in [0.29, 0.717) is 0 Å². The molecule has 1 aromatic carbocycles. The van der Waals surface area contributed by atoms with Crippen molar-refractivity contribution in [2.75, 3.05) is 11.5 Å². The summed E-state index contributed by atoms with van der Waals surface area (Å²) in [7, 11) is 0. The molecule has 0 bridgehead atoms. The highest BCUT2D eigenvalue weighted by molar-refractivity contribution is 7.98. The Morgan fingerprint density at radius 1 is 1.41 bits per heavy atom. The molecule has 0 unspecified atom stereocenters. The molecule has 0 aliphatic heterocycles. The summed E-state index contributed by atoms with van der Waals surface area (Å²) < 4.78 is 5.64. The van der Waals surface area contributed by atoms with Crippen molar-refractivity contribution in [3.8, 4) is 0 Å². The second kappa shape index (κ2) is 5.45. The van der Waals surface area contributed by atoms with Gasteiger partial charge in [0, 0.05) is 5.69 Å². The highest BCUT2D eigenvalue weighted by Gasteiger charge is 2.06. The molecule has 0 saturated heterocycles. The van der Waals surface area contributed by atoms with Gasteiger partial charge in [-0.15, -0.1) is 0 Å².